The maximum Gasteiger partial charge on any atom is 0.231 e. The normalized spacial score (nSPS) is 14.4. The fourth-order valence-electron chi connectivity index (χ4n) is 3.41. The number of benzene rings is 1. The number of aromatic nitrogens is 2. The van der Waals surface area contributed by atoms with Gasteiger partial charge in [0.15, 0.2) is 11.5 Å². The zero-order chi connectivity index (χ0) is 17.2. The molecule has 1 aliphatic carbocycles. The molecule has 0 spiro atoms. The molecule has 130 valence electrons. The SMILES string of the molecule is Cc1nc(CCNC(=O)Cc2ccc3c(c2)OCO3)nc2c1CCC2. The predicted octanol–water partition coefficient (Wildman–Crippen LogP) is 1.90. The molecule has 0 unspecified atom stereocenters. The van der Waals surface area contributed by atoms with Crippen molar-refractivity contribution in [2.45, 2.75) is 39.0 Å². The number of carbonyl (C=O) groups excluding carboxylic acids is 1. The van der Waals surface area contributed by atoms with Crippen molar-refractivity contribution in [1.82, 2.24) is 15.3 Å². The van der Waals surface area contributed by atoms with Crippen molar-refractivity contribution < 1.29 is 14.3 Å². The Morgan fingerprint density at radius 3 is 3.00 bits per heavy atom. The highest BCUT2D eigenvalue weighted by Crippen LogP contribution is 2.32. The van der Waals surface area contributed by atoms with Gasteiger partial charge >= 0.3 is 0 Å². The van der Waals surface area contributed by atoms with Gasteiger partial charge in [-0.1, -0.05) is 6.07 Å². The minimum atomic E-state index is -0.0169. The number of fused-ring (bicyclic) bond motifs is 2. The Bertz CT molecular complexity index is 820. The Balaban J connectivity index is 1.30. The van der Waals surface area contributed by atoms with Gasteiger partial charge in [-0.15, -0.1) is 0 Å². The minimum Gasteiger partial charge on any atom is -0.454 e. The molecule has 6 heteroatoms. The molecule has 0 atom stereocenters. The van der Waals surface area contributed by atoms with Gasteiger partial charge in [0.2, 0.25) is 12.7 Å². The van der Waals surface area contributed by atoms with Crippen molar-refractivity contribution in [3.63, 3.8) is 0 Å². The summed E-state index contributed by atoms with van der Waals surface area (Å²) in [6.45, 7) is 2.83. The first-order valence-electron chi connectivity index (χ1n) is 8.69. The molecule has 1 aromatic carbocycles. The number of rotatable bonds is 5. The first kappa shape index (κ1) is 15.9. The van der Waals surface area contributed by atoms with E-state index in [4.69, 9.17) is 9.47 Å². The monoisotopic (exact) mass is 339 g/mol. The summed E-state index contributed by atoms with van der Waals surface area (Å²) in [4.78, 5) is 21.3. The van der Waals surface area contributed by atoms with E-state index in [1.54, 1.807) is 0 Å². The van der Waals surface area contributed by atoms with Crippen molar-refractivity contribution in [2.24, 2.45) is 0 Å². The lowest BCUT2D eigenvalue weighted by Gasteiger charge is -2.08. The third-order valence-electron chi connectivity index (χ3n) is 4.66. The fourth-order valence-corrected chi connectivity index (χ4v) is 3.41. The number of hydrogen-bond donors (Lipinski definition) is 1. The van der Waals surface area contributed by atoms with Crippen molar-refractivity contribution in [2.75, 3.05) is 13.3 Å². The van der Waals surface area contributed by atoms with Crippen LogP contribution in [0.5, 0.6) is 11.5 Å². The summed E-state index contributed by atoms with van der Waals surface area (Å²) >= 11 is 0. The molecule has 1 aliphatic heterocycles. The van der Waals surface area contributed by atoms with Crippen LogP contribution < -0.4 is 14.8 Å². The molecule has 0 fully saturated rings. The van der Waals surface area contributed by atoms with Gasteiger partial charge in [0.1, 0.15) is 5.82 Å². The van der Waals surface area contributed by atoms with Crippen LogP contribution in [0.2, 0.25) is 0 Å². The van der Waals surface area contributed by atoms with E-state index in [1.807, 2.05) is 25.1 Å². The summed E-state index contributed by atoms with van der Waals surface area (Å²) in [5.74, 6) is 2.24. The molecule has 2 aromatic rings. The van der Waals surface area contributed by atoms with Gasteiger partial charge in [0.25, 0.3) is 0 Å². The molecule has 25 heavy (non-hydrogen) atoms. The molecule has 2 heterocycles. The molecule has 2 aliphatic rings. The Kier molecular flexibility index (Phi) is 4.26. The number of hydrogen-bond acceptors (Lipinski definition) is 5. The Hall–Kier alpha value is -2.63. The Morgan fingerprint density at radius 2 is 2.08 bits per heavy atom. The quantitative estimate of drug-likeness (QED) is 0.901. The topological polar surface area (TPSA) is 73.3 Å². The molecule has 6 nitrogen and oxygen atoms in total. The zero-order valence-corrected chi connectivity index (χ0v) is 14.3. The number of nitrogens with zero attached hydrogens (tertiary/aromatic N) is 2. The number of carbonyl (C=O) groups is 1. The van der Waals surface area contributed by atoms with Crippen LogP contribution in [-0.4, -0.2) is 29.2 Å². The smallest absolute Gasteiger partial charge is 0.231 e. The van der Waals surface area contributed by atoms with E-state index in [2.05, 4.69) is 15.3 Å². The second-order valence-electron chi connectivity index (χ2n) is 6.47. The number of nitrogens with one attached hydrogen (secondary N) is 1. The van der Waals surface area contributed by atoms with E-state index in [0.717, 1.165) is 35.7 Å². The highest BCUT2D eigenvalue weighted by molar-refractivity contribution is 5.78. The molecular formula is C19H21N3O3. The summed E-state index contributed by atoms with van der Waals surface area (Å²) in [6, 6.07) is 5.58. The molecular weight excluding hydrogens is 318 g/mol. The molecule has 1 amide bonds. The average molecular weight is 339 g/mol. The van der Waals surface area contributed by atoms with Gasteiger partial charge < -0.3 is 14.8 Å². The lowest BCUT2D eigenvalue weighted by molar-refractivity contribution is -0.120. The average Bonchev–Trinajstić information content (AvgIpc) is 3.23. The molecule has 1 N–H and O–H groups in total. The highest BCUT2D eigenvalue weighted by atomic mass is 16.7. The molecule has 1 aromatic heterocycles. The van der Waals surface area contributed by atoms with Crippen LogP contribution in [0.1, 0.15) is 34.8 Å². The van der Waals surface area contributed by atoms with Crippen LogP contribution in [0.3, 0.4) is 0 Å². The van der Waals surface area contributed by atoms with Crippen molar-refractivity contribution in [1.29, 1.82) is 0 Å². The second kappa shape index (κ2) is 6.70. The number of amides is 1. The third kappa shape index (κ3) is 3.43. The van der Waals surface area contributed by atoms with Gasteiger partial charge in [-0.05, 0) is 49.4 Å². The van der Waals surface area contributed by atoms with E-state index in [9.17, 15) is 4.79 Å². The largest absolute Gasteiger partial charge is 0.454 e. The Morgan fingerprint density at radius 1 is 1.20 bits per heavy atom. The summed E-state index contributed by atoms with van der Waals surface area (Å²) in [5.41, 5.74) is 4.50. The molecule has 0 bridgehead atoms. The van der Waals surface area contributed by atoms with Crippen LogP contribution >= 0.6 is 0 Å². The molecule has 4 rings (SSSR count). The summed E-state index contributed by atoms with van der Waals surface area (Å²) in [7, 11) is 0. The minimum absolute atomic E-state index is 0.0169. The highest BCUT2D eigenvalue weighted by Gasteiger charge is 2.17. The van der Waals surface area contributed by atoms with Crippen molar-refractivity contribution in [3.05, 3.63) is 46.5 Å². The summed E-state index contributed by atoms with van der Waals surface area (Å²) in [6.07, 6.45) is 4.28. The van der Waals surface area contributed by atoms with E-state index < -0.39 is 0 Å². The first-order chi connectivity index (χ1) is 12.2. The standard InChI is InChI=1S/C19H21N3O3/c1-12-14-3-2-4-15(14)22-18(21-12)7-8-20-19(23)10-13-5-6-16-17(9-13)25-11-24-16/h5-6,9H,2-4,7-8,10-11H2,1H3,(H,20,23). The fraction of sp³-hybridized carbons (Fsp3) is 0.421. The van der Waals surface area contributed by atoms with Crippen LogP contribution in [0, 0.1) is 6.92 Å². The van der Waals surface area contributed by atoms with E-state index in [-0.39, 0.29) is 12.7 Å². The van der Waals surface area contributed by atoms with E-state index in [1.165, 1.54) is 17.7 Å². The van der Waals surface area contributed by atoms with Crippen LogP contribution in [0.4, 0.5) is 0 Å². The number of aryl methyl sites for hydroxylation is 2. The molecule has 0 saturated carbocycles. The molecule has 0 radical (unpaired) electrons. The van der Waals surface area contributed by atoms with Gasteiger partial charge in [0, 0.05) is 24.4 Å². The van der Waals surface area contributed by atoms with E-state index in [0.29, 0.717) is 25.1 Å². The van der Waals surface area contributed by atoms with E-state index >= 15 is 0 Å². The lowest BCUT2D eigenvalue weighted by atomic mass is 10.1. The summed E-state index contributed by atoms with van der Waals surface area (Å²) in [5, 5.41) is 2.94. The van der Waals surface area contributed by atoms with Crippen LogP contribution in [-0.2, 0) is 30.5 Å². The maximum atomic E-state index is 12.1. The summed E-state index contributed by atoms with van der Waals surface area (Å²) < 4.78 is 10.6. The van der Waals surface area contributed by atoms with Gasteiger partial charge in [-0.2, -0.15) is 0 Å². The van der Waals surface area contributed by atoms with Crippen LogP contribution in [0.15, 0.2) is 18.2 Å². The van der Waals surface area contributed by atoms with Gasteiger partial charge in [-0.3, -0.25) is 4.79 Å². The predicted molar refractivity (Wildman–Crippen MR) is 91.8 cm³/mol. The Labute approximate surface area is 146 Å². The lowest BCUT2D eigenvalue weighted by Crippen LogP contribution is -2.27. The van der Waals surface area contributed by atoms with Gasteiger partial charge in [0.05, 0.1) is 6.42 Å². The maximum absolute atomic E-state index is 12.1. The number of ether oxygens (including phenoxy) is 2. The van der Waals surface area contributed by atoms with Crippen molar-refractivity contribution >= 4 is 5.91 Å². The first-order valence-corrected chi connectivity index (χ1v) is 8.69. The zero-order valence-electron chi connectivity index (χ0n) is 14.3. The van der Waals surface area contributed by atoms with Crippen LogP contribution in [0.25, 0.3) is 0 Å². The second-order valence-corrected chi connectivity index (χ2v) is 6.47. The van der Waals surface area contributed by atoms with Gasteiger partial charge in [-0.25, -0.2) is 9.97 Å². The van der Waals surface area contributed by atoms with Crippen molar-refractivity contribution in [3.8, 4) is 11.5 Å². The molecule has 0 saturated heterocycles. The third-order valence-corrected chi connectivity index (χ3v) is 4.66.